The fourth-order valence-electron chi connectivity index (χ4n) is 2.42. The Bertz CT molecular complexity index is 585. The Balaban J connectivity index is 1.76. The lowest BCUT2D eigenvalue weighted by Crippen LogP contribution is -2.33. The van der Waals surface area contributed by atoms with Crippen LogP contribution in [0.25, 0.3) is 0 Å². The molecule has 0 aromatic heterocycles. The Morgan fingerprint density at radius 2 is 1.80 bits per heavy atom. The van der Waals surface area contributed by atoms with Crippen LogP contribution in [-0.4, -0.2) is 43.9 Å². The lowest BCUT2D eigenvalue weighted by Gasteiger charge is -2.16. The molecule has 0 spiro atoms. The van der Waals surface area contributed by atoms with Crippen LogP contribution in [0, 0.1) is 6.92 Å². The van der Waals surface area contributed by atoms with E-state index in [2.05, 4.69) is 22.6 Å². The van der Waals surface area contributed by atoms with Crippen LogP contribution in [0.15, 0.2) is 29.2 Å². The minimum absolute atomic E-state index is 0.0752. The zero-order chi connectivity index (χ0) is 14.3. The zero-order valence-corrected chi connectivity index (χ0v) is 13.8. The maximum absolute atomic E-state index is 12.2. The molecular weight excluding hydrogens is 395 g/mol. The Hall–Kier alpha value is -0.220. The summed E-state index contributed by atoms with van der Waals surface area (Å²) in [5.74, 6) is 0. The molecule has 1 aromatic carbocycles. The highest BCUT2D eigenvalue weighted by atomic mass is 127. The van der Waals surface area contributed by atoms with E-state index in [1.165, 1.54) is 0 Å². The van der Waals surface area contributed by atoms with E-state index < -0.39 is 16.2 Å². The first-order valence-corrected chi connectivity index (χ1v) is 9.00. The van der Waals surface area contributed by atoms with Crippen LogP contribution in [0.2, 0.25) is 0 Å². The van der Waals surface area contributed by atoms with Gasteiger partial charge >= 0.3 is 0 Å². The SMILES string of the molecule is Cc1ccc(S(=O)(=O)O[C@@H]2CO[C@@H]3C(I)CO[C@H]32)cc1. The Kier molecular flexibility index (Phi) is 4.06. The third kappa shape index (κ3) is 2.74. The number of ether oxygens (including phenoxy) is 2. The van der Waals surface area contributed by atoms with Crippen molar-refractivity contribution in [1.82, 2.24) is 0 Å². The number of hydrogen-bond acceptors (Lipinski definition) is 5. The Morgan fingerprint density at radius 1 is 1.15 bits per heavy atom. The van der Waals surface area contributed by atoms with Gasteiger partial charge in [0.2, 0.25) is 0 Å². The van der Waals surface area contributed by atoms with Crippen LogP contribution in [0.3, 0.4) is 0 Å². The van der Waals surface area contributed by atoms with Gasteiger partial charge in [0.25, 0.3) is 10.1 Å². The molecule has 2 saturated heterocycles. The third-order valence-electron chi connectivity index (χ3n) is 3.51. The number of rotatable bonds is 3. The third-order valence-corrected chi connectivity index (χ3v) is 5.93. The van der Waals surface area contributed by atoms with Gasteiger partial charge in [-0.25, -0.2) is 0 Å². The van der Waals surface area contributed by atoms with Gasteiger partial charge in [0, 0.05) is 0 Å². The maximum atomic E-state index is 12.2. The summed E-state index contributed by atoms with van der Waals surface area (Å²) in [6.07, 6.45) is -0.933. The molecule has 20 heavy (non-hydrogen) atoms. The van der Waals surface area contributed by atoms with Crippen LogP contribution < -0.4 is 0 Å². The van der Waals surface area contributed by atoms with E-state index in [4.69, 9.17) is 13.7 Å². The number of aryl methyl sites for hydroxylation is 1. The average molecular weight is 410 g/mol. The molecule has 1 unspecified atom stereocenters. The van der Waals surface area contributed by atoms with Crippen molar-refractivity contribution in [2.24, 2.45) is 0 Å². The quantitative estimate of drug-likeness (QED) is 0.431. The van der Waals surface area contributed by atoms with Crippen molar-refractivity contribution >= 4 is 32.7 Å². The first-order chi connectivity index (χ1) is 9.47. The number of hydrogen-bond donors (Lipinski definition) is 0. The minimum Gasteiger partial charge on any atom is -0.371 e. The van der Waals surface area contributed by atoms with Gasteiger partial charge in [0.1, 0.15) is 18.3 Å². The van der Waals surface area contributed by atoms with Gasteiger partial charge in [-0.1, -0.05) is 40.3 Å². The predicted molar refractivity (Wildman–Crippen MR) is 80.5 cm³/mol. The molecule has 110 valence electrons. The van der Waals surface area contributed by atoms with Crippen molar-refractivity contribution in [2.45, 2.75) is 34.1 Å². The van der Waals surface area contributed by atoms with Gasteiger partial charge in [0.15, 0.2) is 0 Å². The zero-order valence-electron chi connectivity index (χ0n) is 10.9. The molecule has 0 N–H and O–H groups in total. The van der Waals surface area contributed by atoms with E-state index in [1.807, 2.05) is 6.92 Å². The smallest absolute Gasteiger partial charge is 0.297 e. The number of halogens is 1. The largest absolute Gasteiger partial charge is 0.371 e. The second-order valence-corrected chi connectivity index (χ2v) is 8.19. The van der Waals surface area contributed by atoms with E-state index in [1.54, 1.807) is 24.3 Å². The summed E-state index contributed by atoms with van der Waals surface area (Å²) in [5, 5.41) is 0. The topological polar surface area (TPSA) is 61.8 Å². The molecule has 1 aromatic rings. The van der Waals surface area contributed by atoms with Crippen LogP contribution in [-0.2, 0) is 23.8 Å². The van der Waals surface area contributed by atoms with E-state index in [0.29, 0.717) is 6.61 Å². The molecule has 0 saturated carbocycles. The molecule has 2 heterocycles. The molecule has 3 rings (SSSR count). The van der Waals surface area contributed by atoms with Crippen molar-refractivity contribution in [1.29, 1.82) is 0 Å². The molecule has 4 atom stereocenters. The van der Waals surface area contributed by atoms with E-state index in [0.717, 1.165) is 5.56 Å². The second kappa shape index (κ2) is 5.53. The fourth-order valence-corrected chi connectivity index (χ4v) is 4.32. The molecule has 2 fully saturated rings. The lowest BCUT2D eigenvalue weighted by molar-refractivity contribution is 0.0337. The first-order valence-electron chi connectivity index (χ1n) is 6.34. The fraction of sp³-hybridized carbons (Fsp3) is 0.538. The van der Waals surface area contributed by atoms with Crippen LogP contribution in [0.5, 0.6) is 0 Å². The lowest BCUT2D eigenvalue weighted by atomic mass is 10.1. The maximum Gasteiger partial charge on any atom is 0.297 e. The molecule has 5 nitrogen and oxygen atoms in total. The van der Waals surface area contributed by atoms with E-state index >= 15 is 0 Å². The van der Waals surface area contributed by atoms with Crippen LogP contribution >= 0.6 is 22.6 Å². The Morgan fingerprint density at radius 3 is 2.50 bits per heavy atom. The molecule has 0 aliphatic carbocycles. The van der Waals surface area contributed by atoms with Crippen molar-refractivity contribution in [2.75, 3.05) is 13.2 Å². The van der Waals surface area contributed by atoms with Crippen molar-refractivity contribution in [3.8, 4) is 0 Å². The van der Waals surface area contributed by atoms with Gasteiger partial charge < -0.3 is 9.47 Å². The summed E-state index contributed by atoms with van der Waals surface area (Å²) in [4.78, 5) is 0.163. The molecular formula is C13H15IO5S. The second-order valence-electron chi connectivity index (χ2n) is 5.01. The summed E-state index contributed by atoms with van der Waals surface area (Å²) in [6.45, 7) is 2.72. The van der Waals surface area contributed by atoms with Gasteiger partial charge in [-0.15, -0.1) is 0 Å². The molecule has 0 radical (unpaired) electrons. The number of fused-ring (bicyclic) bond motifs is 1. The highest BCUT2D eigenvalue weighted by Gasteiger charge is 2.48. The van der Waals surface area contributed by atoms with Gasteiger partial charge in [-0.2, -0.15) is 8.42 Å². The van der Waals surface area contributed by atoms with Crippen LogP contribution in [0.4, 0.5) is 0 Å². The predicted octanol–water partition coefficient (Wildman–Crippen LogP) is 1.67. The number of benzene rings is 1. The highest BCUT2D eigenvalue weighted by Crippen LogP contribution is 2.34. The Labute approximate surface area is 131 Å². The molecule has 2 aliphatic heterocycles. The molecule has 0 bridgehead atoms. The van der Waals surface area contributed by atoms with Crippen LogP contribution in [0.1, 0.15) is 5.56 Å². The van der Waals surface area contributed by atoms with E-state index in [-0.39, 0.29) is 27.6 Å². The minimum atomic E-state index is -3.78. The molecule has 2 aliphatic rings. The van der Waals surface area contributed by atoms with E-state index in [9.17, 15) is 8.42 Å². The molecule has 0 amide bonds. The summed E-state index contributed by atoms with van der Waals surface area (Å²) >= 11 is 2.26. The van der Waals surface area contributed by atoms with Gasteiger partial charge in [0.05, 0.1) is 22.0 Å². The van der Waals surface area contributed by atoms with Gasteiger partial charge in [-0.3, -0.25) is 4.18 Å². The highest BCUT2D eigenvalue weighted by molar-refractivity contribution is 14.1. The van der Waals surface area contributed by atoms with Crippen molar-refractivity contribution < 1.29 is 22.1 Å². The van der Waals surface area contributed by atoms with Crippen molar-refractivity contribution in [3.05, 3.63) is 29.8 Å². The summed E-state index contributed by atoms with van der Waals surface area (Å²) in [6, 6.07) is 6.59. The number of alkyl halides is 1. The summed E-state index contributed by atoms with van der Waals surface area (Å²) in [7, 11) is -3.78. The van der Waals surface area contributed by atoms with Gasteiger partial charge in [-0.05, 0) is 19.1 Å². The normalized spacial score (nSPS) is 33.3. The average Bonchev–Trinajstić information content (AvgIpc) is 2.95. The standard InChI is InChI=1S/C13H15IO5S/c1-8-2-4-9(5-3-8)20(15,16)19-11-7-18-12-10(14)6-17-13(11)12/h2-5,10-13H,6-7H2,1H3/t10?,11-,12-,13+/m1/s1. The first kappa shape index (κ1) is 14.7. The summed E-state index contributed by atoms with van der Waals surface area (Å²) in [5.41, 5.74) is 1.00. The van der Waals surface area contributed by atoms with Crippen molar-refractivity contribution in [3.63, 3.8) is 0 Å². The monoisotopic (exact) mass is 410 g/mol. The molecule has 7 heteroatoms. The summed E-state index contributed by atoms with van der Waals surface area (Å²) < 4.78 is 41.2.